The topological polar surface area (TPSA) is 26.3 Å². The van der Waals surface area contributed by atoms with E-state index < -0.39 is 0 Å². The molecule has 0 spiro atoms. The fraction of sp³-hybridized carbons (Fsp3) is 0.214. The minimum absolute atomic E-state index is 0.0812. The number of carbonyl (C=O) groups excluding carboxylic acids is 1. The third-order valence-electron chi connectivity index (χ3n) is 2.74. The van der Waals surface area contributed by atoms with Gasteiger partial charge in [0.2, 0.25) is 0 Å². The third kappa shape index (κ3) is 3.46. The van der Waals surface area contributed by atoms with Crippen LogP contribution in [-0.2, 0) is 6.42 Å². The smallest absolute Gasteiger partial charge is 0.169 e. The van der Waals surface area contributed by atoms with Gasteiger partial charge in [-0.2, -0.15) is 0 Å². The summed E-state index contributed by atoms with van der Waals surface area (Å²) in [5, 5.41) is 0. The molecular weight excluding hydrogens is 392 g/mol. The van der Waals surface area contributed by atoms with Gasteiger partial charge < -0.3 is 4.74 Å². The highest BCUT2D eigenvalue weighted by atomic mass is 79.9. The molecule has 1 aromatic heterocycles. The van der Waals surface area contributed by atoms with E-state index in [4.69, 9.17) is 4.74 Å². The summed E-state index contributed by atoms with van der Waals surface area (Å²) in [7, 11) is 1.62. The van der Waals surface area contributed by atoms with E-state index in [2.05, 4.69) is 31.9 Å². The van der Waals surface area contributed by atoms with Crippen molar-refractivity contribution >= 4 is 49.0 Å². The first-order valence-electron chi connectivity index (χ1n) is 5.63. The lowest BCUT2D eigenvalue weighted by Gasteiger charge is -2.08. The van der Waals surface area contributed by atoms with Crippen LogP contribution in [0.5, 0.6) is 5.75 Å². The summed E-state index contributed by atoms with van der Waals surface area (Å²) >= 11 is 8.31. The number of ketones is 1. The number of methoxy groups -OCH3 is 1. The highest BCUT2D eigenvalue weighted by Crippen LogP contribution is 2.33. The molecule has 0 saturated carbocycles. The van der Waals surface area contributed by atoms with Gasteiger partial charge in [-0.15, -0.1) is 11.3 Å². The predicted molar refractivity (Wildman–Crippen MR) is 85.5 cm³/mol. The first-order chi connectivity index (χ1) is 9.01. The average Bonchev–Trinajstić information content (AvgIpc) is 2.69. The fourth-order valence-corrected chi connectivity index (χ4v) is 4.70. The molecule has 0 aliphatic heterocycles. The number of Topliss-reactive ketones (excluding diaryl/α,β-unsaturated/α-hetero) is 1. The number of aryl methyl sites for hydroxylation is 1. The lowest BCUT2D eigenvalue weighted by Crippen LogP contribution is -2.04. The van der Waals surface area contributed by atoms with Gasteiger partial charge in [0, 0.05) is 17.5 Å². The number of hydrogen-bond donors (Lipinski definition) is 0. The Hall–Kier alpha value is -0.650. The maximum atomic E-state index is 12.3. The first-order valence-corrected chi connectivity index (χ1v) is 8.03. The number of benzene rings is 1. The SMILES string of the molecule is COc1ccc(C)cc1CC(=O)c1cc(Br)sc1Br. The van der Waals surface area contributed by atoms with E-state index in [1.807, 2.05) is 31.2 Å². The Balaban J connectivity index is 2.28. The molecule has 0 unspecified atom stereocenters. The lowest BCUT2D eigenvalue weighted by molar-refractivity contribution is 0.0992. The second kappa shape index (κ2) is 6.20. The standard InChI is InChI=1S/C14H12Br2O2S/c1-8-3-4-12(18-2)9(5-8)6-11(17)10-7-13(15)19-14(10)16/h3-5,7H,6H2,1-2H3. The molecule has 19 heavy (non-hydrogen) atoms. The van der Waals surface area contributed by atoms with Crippen LogP contribution in [0.4, 0.5) is 0 Å². The molecule has 2 nitrogen and oxygen atoms in total. The molecule has 0 fully saturated rings. The lowest BCUT2D eigenvalue weighted by atomic mass is 10.0. The molecular formula is C14H12Br2O2S. The highest BCUT2D eigenvalue weighted by molar-refractivity contribution is 9.12. The first kappa shape index (κ1) is 14.8. The van der Waals surface area contributed by atoms with Crippen LogP contribution in [0.3, 0.4) is 0 Å². The van der Waals surface area contributed by atoms with Gasteiger partial charge >= 0.3 is 0 Å². The van der Waals surface area contributed by atoms with Crippen LogP contribution in [0.1, 0.15) is 21.5 Å². The summed E-state index contributed by atoms with van der Waals surface area (Å²) in [6.45, 7) is 2.00. The largest absolute Gasteiger partial charge is 0.496 e. The maximum absolute atomic E-state index is 12.3. The van der Waals surface area contributed by atoms with Gasteiger partial charge in [0.25, 0.3) is 0 Å². The molecule has 5 heteroatoms. The van der Waals surface area contributed by atoms with Crippen molar-refractivity contribution in [1.82, 2.24) is 0 Å². The number of hydrogen-bond acceptors (Lipinski definition) is 3. The Kier molecular flexibility index (Phi) is 4.81. The molecule has 1 heterocycles. The van der Waals surface area contributed by atoms with Gasteiger partial charge in [-0.3, -0.25) is 4.79 Å². The molecule has 0 atom stereocenters. The molecule has 0 radical (unpaired) electrons. The summed E-state index contributed by atoms with van der Waals surface area (Å²) in [6, 6.07) is 7.71. The van der Waals surface area contributed by atoms with E-state index in [0.29, 0.717) is 12.0 Å². The van der Waals surface area contributed by atoms with Crippen LogP contribution < -0.4 is 4.74 Å². The van der Waals surface area contributed by atoms with E-state index in [9.17, 15) is 4.79 Å². The van der Waals surface area contributed by atoms with Crippen LogP contribution in [0.15, 0.2) is 31.8 Å². The molecule has 0 aliphatic carbocycles. The molecule has 100 valence electrons. The molecule has 2 aromatic rings. The summed E-state index contributed by atoms with van der Waals surface area (Å²) in [4.78, 5) is 12.3. The Morgan fingerprint density at radius 2 is 2.05 bits per heavy atom. The van der Waals surface area contributed by atoms with Crippen molar-refractivity contribution in [1.29, 1.82) is 0 Å². The maximum Gasteiger partial charge on any atom is 0.169 e. The molecule has 1 aromatic carbocycles. The van der Waals surface area contributed by atoms with Crippen LogP contribution >= 0.6 is 43.2 Å². The zero-order valence-electron chi connectivity index (χ0n) is 10.5. The molecule has 2 rings (SSSR count). The predicted octanol–water partition coefficient (Wildman–Crippen LogP) is 5.02. The normalized spacial score (nSPS) is 10.5. The van der Waals surface area contributed by atoms with Crippen molar-refractivity contribution in [3.63, 3.8) is 0 Å². The van der Waals surface area contributed by atoms with E-state index in [0.717, 1.165) is 24.4 Å². The van der Waals surface area contributed by atoms with Gasteiger partial charge in [0.1, 0.15) is 5.75 Å². The molecule has 0 aliphatic rings. The van der Waals surface area contributed by atoms with Gasteiger partial charge in [-0.05, 0) is 50.9 Å². The van der Waals surface area contributed by atoms with Crippen molar-refractivity contribution in [2.75, 3.05) is 7.11 Å². The van der Waals surface area contributed by atoms with Gasteiger partial charge in [0.05, 0.1) is 14.7 Å². The zero-order valence-corrected chi connectivity index (χ0v) is 14.5. The van der Waals surface area contributed by atoms with Crippen LogP contribution in [0.2, 0.25) is 0 Å². The number of rotatable bonds is 4. The fourth-order valence-electron chi connectivity index (χ4n) is 1.84. The minimum Gasteiger partial charge on any atom is -0.496 e. The van der Waals surface area contributed by atoms with Gasteiger partial charge in [0.15, 0.2) is 5.78 Å². The molecule has 0 bridgehead atoms. The number of carbonyl (C=O) groups is 1. The quantitative estimate of drug-likeness (QED) is 0.670. The second-order valence-electron chi connectivity index (χ2n) is 4.15. The van der Waals surface area contributed by atoms with Crippen LogP contribution in [0, 0.1) is 6.92 Å². The second-order valence-corrected chi connectivity index (χ2v) is 7.90. The summed E-state index contributed by atoms with van der Waals surface area (Å²) < 4.78 is 7.10. The van der Waals surface area contributed by atoms with Crippen LogP contribution in [0.25, 0.3) is 0 Å². The van der Waals surface area contributed by atoms with Crippen LogP contribution in [-0.4, -0.2) is 12.9 Å². The van der Waals surface area contributed by atoms with Crippen molar-refractivity contribution < 1.29 is 9.53 Å². The summed E-state index contributed by atoms with van der Waals surface area (Å²) in [6.07, 6.45) is 0.340. The Labute approximate surface area is 133 Å². The van der Waals surface area contributed by atoms with E-state index >= 15 is 0 Å². The Morgan fingerprint density at radius 3 is 2.63 bits per heavy atom. The average molecular weight is 404 g/mol. The number of thiophene rings is 1. The van der Waals surface area contributed by atoms with Gasteiger partial charge in [-0.25, -0.2) is 0 Å². The van der Waals surface area contributed by atoms with Crippen molar-refractivity contribution in [3.05, 3.63) is 48.5 Å². The van der Waals surface area contributed by atoms with Crippen molar-refractivity contribution in [2.45, 2.75) is 13.3 Å². The Bertz CT molecular complexity index is 620. The number of halogens is 2. The molecule has 0 saturated heterocycles. The highest BCUT2D eigenvalue weighted by Gasteiger charge is 2.16. The van der Waals surface area contributed by atoms with Gasteiger partial charge in [-0.1, -0.05) is 17.7 Å². The molecule has 0 amide bonds. The molecule has 0 N–H and O–H groups in total. The van der Waals surface area contributed by atoms with E-state index in [1.165, 1.54) is 11.3 Å². The van der Waals surface area contributed by atoms with E-state index in [-0.39, 0.29) is 5.78 Å². The zero-order chi connectivity index (χ0) is 14.0. The summed E-state index contributed by atoms with van der Waals surface area (Å²) in [5.41, 5.74) is 2.75. The monoisotopic (exact) mass is 402 g/mol. The summed E-state index contributed by atoms with van der Waals surface area (Å²) in [5.74, 6) is 0.835. The Morgan fingerprint density at radius 1 is 1.32 bits per heavy atom. The third-order valence-corrected chi connectivity index (χ3v) is 5.08. The van der Waals surface area contributed by atoms with Crippen molar-refractivity contribution in [2.24, 2.45) is 0 Å². The minimum atomic E-state index is 0.0812. The number of ether oxygens (including phenoxy) is 1. The van der Waals surface area contributed by atoms with E-state index in [1.54, 1.807) is 7.11 Å². The van der Waals surface area contributed by atoms with Crippen molar-refractivity contribution in [3.8, 4) is 5.75 Å².